The predicted octanol–water partition coefficient (Wildman–Crippen LogP) is 2.84. The van der Waals surface area contributed by atoms with Crippen LogP contribution in [0.15, 0.2) is 29.2 Å². The van der Waals surface area contributed by atoms with Crippen molar-refractivity contribution in [2.45, 2.75) is 62.9 Å². The Labute approximate surface area is 148 Å². The minimum Gasteiger partial charge on any atom is -0.314 e. The first kappa shape index (κ1) is 16.7. The number of rotatable bonds is 3. The van der Waals surface area contributed by atoms with Gasteiger partial charge < -0.3 is 4.57 Å². The van der Waals surface area contributed by atoms with Crippen molar-refractivity contribution in [3.05, 3.63) is 41.5 Å². The molecular formula is C18H24N4O2S. The van der Waals surface area contributed by atoms with Crippen LogP contribution in [0.1, 0.15) is 55.4 Å². The minimum atomic E-state index is -3.52. The van der Waals surface area contributed by atoms with E-state index in [0.29, 0.717) is 11.4 Å². The van der Waals surface area contributed by atoms with Crippen molar-refractivity contribution in [1.82, 2.24) is 19.1 Å². The summed E-state index contributed by atoms with van der Waals surface area (Å²) in [7, 11) is -3.52. The summed E-state index contributed by atoms with van der Waals surface area (Å²) in [5.41, 5.74) is 0.952. The second-order valence-corrected chi connectivity index (χ2v) is 8.92. The molecule has 2 aromatic rings. The molecule has 3 heterocycles. The van der Waals surface area contributed by atoms with Crippen molar-refractivity contribution >= 4 is 10.0 Å². The van der Waals surface area contributed by atoms with E-state index in [-0.39, 0.29) is 6.04 Å². The molecule has 1 aromatic carbocycles. The predicted molar refractivity (Wildman–Crippen MR) is 94.6 cm³/mol. The molecule has 0 bridgehead atoms. The van der Waals surface area contributed by atoms with Crippen molar-refractivity contribution in [2.75, 3.05) is 6.54 Å². The van der Waals surface area contributed by atoms with E-state index in [1.165, 1.54) is 6.42 Å². The quantitative estimate of drug-likeness (QED) is 0.844. The molecule has 1 unspecified atom stereocenters. The van der Waals surface area contributed by atoms with E-state index >= 15 is 0 Å². The largest absolute Gasteiger partial charge is 0.314 e. The molecule has 0 N–H and O–H groups in total. The fourth-order valence-electron chi connectivity index (χ4n) is 3.95. The van der Waals surface area contributed by atoms with E-state index in [1.54, 1.807) is 22.5 Å². The third-order valence-electron chi connectivity index (χ3n) is 5.24. The van der Waals surface area contributed by atoms with Gasteiger partial charge in [0.25, 0.3) is 0 Å². The van der Waals surface area contributed by atoms with Crippen LogP contribution in [0.5, 0.6) is 0 Å². The molecule has 0 radical (unpaired) electrons. The smallest absolute Gasteiger partial charge is 0.243 e. The van der Waals surface area contributed by atoms with Gasteiger partial charge in [-0.2, -0.15) is 4.31 Å². The lowest BCUT2D eigenvalue weighted by Crippen LogP contribution is -2.32. The van der Waals surface area contributed by atoms with Crippen LogP contribution < -0.4 is 0 Å². The molecule has 0 amide bonds. The third kappa shape index (κ3) is 3.00. The Morgan fingerprint density at radius 3 is 2.80 bits per heavy atom. The number of nitrogens with zero attached hydrogens (tertiary/aromatic N) is 4. The van der Waals surface area contributed by atoms with E-state index < -0.39 is 10.0 Å². The fourth-order valence-corrected chi connectivity index (χ4v) is 5.71. The lowest BCUT2D eigenvalue weighted by molar-refractivity contribution is 0.370. The number of sulfonamides is 1. The summed E-state index contributed by atoms with van der Waals surface area (Å²) in [5, 5.41) is 8.76. The summed E-state index contributed by atoms with van der Waals surface area (Å²) in [4.78, 5) is 0.370. The van der Waals surface area contributed by atoms with Gasteiger partial charge in [0, 0.05) is 19.5 Å². The average Bonchev–Trinajstić information content (AvgIpc) is 3.16. The van der Waals surface area contributed by atoms with Crippen LogP contribution in [0.25, 0.3) is 0 Å². The zero-order valence-corrected chi connectivity index (χ0v) is 15.4. The first-order chi connectivity index (χ1) is 12.1. The summed E-state index contributed by atoms with van der Waals surface area (Å²) in [6.45, 7) is 3.36. The Kier molecular flexibility index (Phi) is 4.37. The van der Waals surface area contributed by atoms with E-state index in [4.69, 9.17) is 0 Å². The zero-order valence-electron chi connectivity index (χ0n) is 14.6. The molecule has 4 rings (SSSR count). The molecule has 7 heteroatoms. The Bertz CT molecular complexity index is 875. The lowest BCUT2D eigenvalue weighted by atomic mass is 10.2. The van der Waals surface area contributed by atoms with E-state index in [0.717, 1.165) is 55.9 Å². The van der Waals surface area contributed by atoms with Crippen LogP contribution in [-0.2, 0) is 23.0 Å². The van der Waals surface area contributed by atoms with Crippen LogP contribution in [-0.4, -0.2) is 34.0 Å². The zero-order chi connectivity index (χ0) is 17.4. The number of hydrogen-bond donors (Lipinski definition) is 0. The number of benzene rings is 1. The lowest BCUT2D eigenvalue weighted by Gasteiger charge is -2.24. The SMILES string of the molecule is Cc1cccc(S(=O)(=O)N2CCCC2c2nnc3n2CCCCC3)c1. The van der Waals surface area contributed by atoms with Gasteiger partial charge in [0.1, 0.15) is 5.82 Å². The first-order valence-electron chi connectivity index (χ1n) is 9.08. The van der Waals surface area contributed by atoms with Gasteiger partial charge in [0.2, 0.25) is 10.0 Å². The fraction of sp³-hybridized carbons (Fsp3) is 0.556. The monoisotopic (exact) mass is 360 g/mol. The highest BCUT2D eigenvalue weighted by molar-refractivity contribution is 7.89. The number of fused-ring (bicyclic) bond motifs is 1. The maximum absolute atomic E-state index is 13.2. The Morgan fingerprint density at radius 2 is 1.96 bits per heavy atom. The number of aromatic nitrogens is 3. The second-order valence-electron chi connectivity index (χ2n) is 7.03. The van der Waals surface area contributed by atoms with Gasteiger partial charge in [0.15, 0.2) is 5.82 Å². The standard InChI is InChI=1S/C18H24N4O2S/c1-14-7-5-8-15(13-14)25(23,24)22-12-6-9-16(22)18-20-19-17-10-3-2-4-11-21(17)18/h5,7-8,13,16H,2-4,6,9-12H2,1H3. The Balaban J connectivity index is 1.71. The normalized spacial score (nSPS) is 21.9. The maximum Gasteiger partial charge on any atom is 0.243 e. The molecular weight excluding hydrogens is 336 g/mol. The molecule has 1 saturated heterocycles. The molecule has 1 fully saturated rings. The van der Waals surface area contributed by atoms with Crippen molar-refractivity contribution < 1.29 is 8.42 Å². The van der Waals surface area contributed by atoms with E-state index in [1.807, 2.05) is 13.0 Å². The maximum atomic E-state index is 13.2. The van der Waals surface area contributed by atoms with Gasteiger partial charge in [-0.1, -0.05) is 18.6 Å². The van der Waals surface area contributed by atoms with E-state index in [9.17, 15) is 8.42 Å². The topological polar surface area (TPSA) is 68.1 Å². The highest BCUT2D eigenvalue weighted by Gasteiger charge is 2.39. The molecule has 134 valence electrons. The average molecular weight is 360 g/mol. The molecule has 0 aliphatic carbocycles. The summed E-state index contributed by atoms with van der Waals surface area (Å²) in [5.74, 6) is 1.83. The van der Waals surface area contributed by atoms with Crippen LogP contribution in [0.2, 0.25) is 0 Å². The molecule has 0 spiro atoms. The van der Waals surface area contributed by atoms with Crippen LogP contribution in [0, 0.1) is 6.92 Å². The van der Waals surface area contributed by atoms with Crippen LogP contribution in [0.3, 0.4) is 0 Å². The van der Waals surface area contributed by atoms with Crippen molar-refractivity contribution in [3.8, 4) is 0 Å². The van der Waals surface area contributed by atoms with Gasteiger partial charge in [-0.05, 0) is 50.3 Å². The second kappa shape index (κ2) is 6.53. The van der Waals surface area contributed by atoms with Crippen molar-refractivity contribution in [3.63, 3.8) is 0 Å². The highest BCUT2D eigenvalue weighted by atomic mass is 32.2. The van der Waals surface area contributed by atoms with Gasteiger partial charge in [-0.25, -0.2) is 8.42 Å². The Hall–Kier alpha value is -1.73. The molecule has 0 saturated carbocycles. The third-order valence-corrected chi connectivity index (χ3v) is 7.14. The molecule has 2 aliphatic rings. The van der Waals surface area contributed by atoms with Crippen LogP contribution >= 0.6 is 0 Å². The summed E-state index contributed by atoms with van der Waals surface area (Å²) in [6.07, 6.45) is 6.04. The van der Waals surface area contributed by atoms with E-state index in [2.05, 4.69) is 14.8 Å². The first-order valence-corrected chi connectivity index (χ1v) is 10.5. The Morgan fingerprint density at radius 1 is 1.08 bits per heavy atom. The number of hydrogen-bond acceptors (Lipinski definition) is 4. The molecule has 1 atom stereocenters. The van der Waals surface area contributed by atoms with Gasteiger partial charge in [-0.15, -0.1) is 10.2 Å². The van der Waals surface area contributed by atoms with Crippen molar-refractivity contribution in [2.24, 2.45) is 0 Å². The summed E-state index contributed by atoms with van der Waals surface area (Å²) in [6, 6.07) is 6.94. The van der Waals surface area contributed by atoms with Crippen molar-refractivity contribution in [1.29, 1.82) is 0 Å². The van der Waals surface area contributed by atoms with Gasteiger partial charge in [-0.3, -0.25) is 0 Å². The summed E-state index contributed by atoms with van der Waals surface area (Å²) >= 11 is 0. The van der Waals surface area contributed by atoms with Gasteiger partial charge >= 0.3 is 0 Å². The van der Waals surface area contributed by atoms with Gasteiger partial charge in [0.05, 0.1) is 10.9 Å². The molecule has 1 aromatic heterocycles. The van der Waals surface area contributed by atoms with Crippen LogP contribution in [0.4, 0.5) is 0 Å². The number of aryl methyl sites for hydroxylation is 2. The molecule has 25 heavy (non-hydrogen) atoms. The molecule has 2 aliphatic heterocycles. The summed E-state index contributed by atoms with van der Waals surface area (Å²) < 4.78 is 30.2. The molecule has 6 nitrogen and oxygen atoms in total. The minimum absolute atomic E-state index is 0.204. The highest BCUT2D eigenvalue weighted by Crippen LogP contribution is 2.36.